The van der Waals surface area contributed by atoms with Gasteiger partial charge in [0.05, 0.1) is 5.69 Å². The van der Waals surface area contributed by atoms with Crippen molar-refractivity contribution in [2.45, 2.75) is 65.0 Å². The van der Waals surface area contributed by atoms with E-state index in [0.29, 0.717) is 12.6 Å². The van der Waals surface area contributed by atoms with Crippen LogP contribution in [-0.4, -0.2) is 39.7 Å². The summed E-state index contributed by atoms with van der Waals surface area (Å²) < 4.78 is 1.84. The van der Waals surface area contributed by atoms with Gasteiger partial charge in [0.1, 0.15) is 5.69 Å². The molecule has 1 aliphatic carbocycles. The van der Waals surface area contributed by atoms with E-state index in [1.165, 1.54) is 12.8 Å². The molecule has 1 aliphatic rings. The minimum atomic E-state index is 0.129. The van der Waals surface area contributed by atoms with Crippen LogP contribution in [0.4, 0.5) is 0 Å². The topological polar surface area (TPSA) is 64.2 Å². The molecule has 1 saturated carbocycles. The highest BCUT2D eigenvalue weighted by molar-refractivity contribution is 5.93. The van der Waals surface area contributed by atoms with Crippen molar-refractivity contribution in [2.75, 3.05) is 13.1 Å². The van der Waals surface area contributed by atoms with E-state index in [-0.39, 0.29) is 5.91 Å². The number of hydrogen-bond acceptors (Lipinski definition) is 3. The fourth-order valence-corrected chi connectivity index (χ4v) is 3.13. The second-order valence-corrected chi connectivity index (χ2v) is 5.77. The lowest BCUT2D eigenvalue weighted by atomic mass is 10.1. The Kier molecular flexibility index (Phi) is 5.79. The molecule has 21 heavy (non-hydrogen) atoms. The molecule has 118 valence electrons. The van der Waals surface area contributed by atoms with E-state index in [2.05, 4.69) is 12.0 Å². The monoisotopic (exact) mass is 292 g/mol. The molecular weight excluding hydrogens is 264 g/mol. The second-order valence-electron chi connectivity index (χ2n) is 5.77. The Morgan fingerprint density at radius 2 is 2.14 bits per heavy atom. The van der Waals surface area contributed by atoms with E-state index in [4.69, 9.17) is 5.73 Å². The number of nitrogens with zero attached hydrogens (tertiary/aromatic N) is 3. The number of aromatic nitrogens is 2. The minimum absolute atomic E-state index is 0.129. The molecule has 5 heteroatoms. The van der Waals surface area contributed by atoms with E-state index in [9.17, 15) is 4.79 Å². The summed E-state index contributed by atoms with van der Waals surface area (Å²) in [4.78, 5) is 15.0. The summed E-state index contributed by atoms with van der Waals surface area (Å²) >= 11 is 0. The molecule has 0 aromatic carbocycles. The first kappa shape index (κ1) is 16.0. The lowest BCUT2D eigenvalue weighted by molar-refractivity contribution is 0.0667. The zero-order valence-corrected chi connectivity index (χ0v) is 13.3. The van der Waals surface area contributed by atoms with Crippen LogP contribution in [0.5, 0.6) is 0 Å². The van der Waals surface area contributed by atoms with Crippen LogP contribution in [0.25, 0.3) is 0 Å². The van der Waals surface area contributed by atoms with E-state index in [1.54, 1.807) is 0 Å². The third kappa shape index (κ3) is 3.64. The number of aryl methyl sites for hydroxylation is 2. The van der Waals surface area contributed by atoms with Crippen molar-refractivity contribution < 1.29 is 4.79 Å². The zero-order chi connectivity index (χ0) is 15.2. The number of carbonyl (C=O) groups is 1. The molecule has 0 aliphatic heterocycles. The Hall–Kier alpha value is -1.36. The SMILES string of the molecule is CCc1cc(C(=O)N(CCCN)C2CCCC2)n(CC)n1. The lowest BCUT2D eigenvalue weighted by Crippen LogP contribution is -2.41. The highest BCUT2D eigenvalue weighted by Crippen LogP contribution is 2.25. The molecule has 1 heterocycles. The lowest BCUT2D eigenvalue weighted by Gasteiger charge is -2.29. The van der Waals surface area contributed by atoms with Gasteiger partial charge in [0.25, 0.3) is 5.91 Å². The van der Waals surface area contributed by atoms with Gasteiger partial charge < -0.3 is 10.6 Å². The molecule has 0 spiro atoms. The Balaban J connectivity index is 2.21. The fourth-order valence-electron chi connectivity index (χ4n) is 3.13. The second kappa shape index (κ2) is 7.59. The number of carbonyl (C=O) groups excluding carboxylic acids is 1. The minimum Gasteiger partial charge on any atom is -0.334 e. The average molecular weight is 292 g/mol. The van der Waals surface area contributed by atoms with Crippen molar-refractivity contribution in [3.05, 3.63) is 17.5 Å². The summed E-state index contributed by atoms with van der Waals surface area (Å²) in [5.41, 5.74) is 7.37. The van der Waals surface area contributed by atoms with Crippen LogP contribution in [-0.2, 0) is 13.0 Å². The summed E-state index contributed by atoms with van der Waals surface area (Å²) in [7, 11) is 0. The Labute approximate surface area is 127 Å². The van der Waals surface area contributed by atoms with Gasteiger partial charge in [-0.15, -0.1) is 0 Å². The van der Waals surface area contributed by atoms with Crippen molar-refractivity contribution >= 4 is 5.91 Å². The maximum Gasteiger partial charge on any atom is 0.272 e. The van der Waals surface area contributed by atoms with E-state index in [1.807, 2.05) is 22.6 Å². The number of rotatable bonds is 7. The Morgan fingerprint density at radius 1 is 1.43 bits per heavy atom. The van der Waals surface area contributed by atoms with Gasteiger partial charge in [0.2, 0.25) is 0 Å². The third-order valence-electron chi connectivity index (χ3n) is 4.34. The Bertz CT molecular complexity index is 463. The van der Waals surface area contributed by atoms with Gasteiger partial charge in [-0.25, -0.2) is 0 Å². The predicted molar refractivity (Wildman–Crippen MR) is 84.2 cm³/mol. The van der Waals surface area contributed by atoms with Gasteiger partial charge in [0.15, 0.2) is 0 Å². The number of nitrogens with two attached hydrogens (primary N) is 1. The molecular formula is C16H28N4O. The third-order valence-corrected chi connectivity index (χ3v) is 4.34. The van der Waals surface area contributed by atoms with Crippen LogP contribution in [0.1, 0.15) is 62.1 Å². The van der Waals surface area contributed by atoms with Gasteiger partial charge in [-0.05, 0) is 45.2 Å². The number of hydrogen-bond donors (Lipinski definition) is 1. The predicted octanol–water partition coefficient (Wildman–Crippen LogP) is 2.20. The molecule has 1 amide bonds. The maximum atomic E-state index is 13.0. The number of amides is 1. The molecule has 0 saturated heterocycles. The van der Waals surface area contributed by atoms with Crippen LogP contribution in [0.2, 0.25) is 0 Å². The van der Waals surface area contributed by atoms with Gasteiger partial charge in [-0.1, -0.05) is 19.8 Å². The van der Waals surface area contributed by atoms with Crippen molar-refractivity contribution in [3.63, 3.8) is 0 Å². The van der Waals surface area contributed by atoms with Crippen molar-refractivity contribution in [2.24, 2.45) is 5.73 Å². The van der Waals surface area contributed by atoms with Crippen LogP contribution in [0.3, 0.4) is 0 Å². The highest BCUT2D eigenvalue weighted by Gasteiger charge is 2.29. The first-order valence-corrected chi connectivity index (χ1v) is 8.29. The molecule has 1 aromatic heterocycles. The maximum absolute atomic E-state index is 13.0. The van der Waals surface area contributed by atoms with Crippen LogP contribution >= 0.6 is 0 Å². The van der Waals surface area contributed by atoms with Crippen LogP contribution < -0.4 is 5.73 Å². The van der Waals surface area contributed by atoms with Crippen LogP contribution in [0, 0.1) is 0 Å². The zero-order valence-electron chi connectivity index (χ0n) is 13.3. The summed E-state index contributed by atoms with van der Waals surface area (Å²) in [6.45, 7) is 6.22. The molecule has 0 radical (unpaired) electrons. The van der Waals surface area contributed by atoms with Crippen molar-refractivity contribution in [1.82, 2.24) is 14.7 Å². The molecule has 1 aromatic rings. The van der Waals surface area contributed by atoms with Gasteiger partial charge >= 0.3 is 0 Å². The van der Waals surface area contributed by atoms with Gasteiger partial charge in [0, 0.05) is 19.1 Å². The van der Waals surface area contributed by atoms with E-state index >= 15 is 0 Å². The fraction of sp³-hybridized carbons (Fsp3) is 0.750. The summed E-state index contributed by atoms with van der Waals surface area (Å²) in [5, 5.41) is 4.50. The first-order chi connectivity index (χ1) is 10.2. The summed E-state index contributed by atoms with van der Waals surface area (Å²) in [6, 6.07) is 2.34. The quantitative estimate of drug-likeness (QED) is 0.838. The standard InChI is InChI=1S/C16H28N4O/c1-3-13-12-15(20(4-2)18-13)16(21)19(11-7-10-17)14-8-5-6-9-14/h12,14H,3-11,17H2,1-2H3. The molecule has 2 rings (SSSR count). The smallest absolute Gasteiger partial charge is 0.272 e. The van der Waals surface area contributed by atoms with Gasteiger partial charge in [-0.3, -0.25) is 9.48 Å². The normalized spacial score (nSPS) is 15.6. The van der Waals surface area contributed by atoms with E-state index in [0.717, 1.165) is 50.2 Å². The molecule has 0 bridgehead atoms. The molecule has 5 nitrogen and oxygen atoms in total. The largest absolute Gasteiger partial charge is 0.334 e. The van der Waals surface area contributed by atoms with E-state index < -0.39 is 0 Å². The average Bonchev–Trinajstić information content (AvgIpc) is 3.16. The molecule has 2 N–H and O–H groups in total. The van der Waals surface area contributed by atoms with Gasteiger partial charge in [-0.2, -0.15) is 5.10 Å². The molecule has 0 atom stereocenters. The van der Waals surface area contributed by atoms with Crippen molar-refractivity contribution in [1.29, 1.82) is 0 Å². The van der Waals surface area contributed by atoms with Crippen molar-refractivity contribution in [3.8, 4) is 0 Å². The summed E-state index contributed by atoms with van der Waals surface area (Å²) in [5.74, 6) is 0.129. The highest BCUT2D eigenvalue weighted by atomic mass is 16.2. The van der Waals surface area contributed by atoms with Crippen LogP contribution in [0.15, 0.2) is 6.07 Å². The molecule has 0 unspecified atom stereocenters. The summed E-state index contributed by atoms with van der Waals surface area (Å²) in [6.07, 6.45) is 6.42. The first-order valence-electron chi connectivity index (χ1n) is 8.29. The molecule has 1 fully saturated rings. The Morgan fingerprint density at radius 3 is 2.71 bits per heavy atom.